The van der Waals surface area contributed by atoms with Crippen LogP contribution in [0.15, 0.2) is 34.9 Å². The molecule has 0 aliphatic carbocycles. The van der Waals surface area contributed by atoms with Gasteiger partial charge in [-0.2, -0.15) is 5.10 Å². The number of rotatable bonds is 2. The molecule has 1 aromatic carbocycles. The van der Waals surface area contributed by atoms with Crippen LogP contribution >= 0.6 is 27.5 Å². The molecule has 84 valence electrons. The standard InChI is InChI=1S/C11H10BrClN2O/c1-15-5-4-10(14-15)11(16)7-2-3-8(12)9(13)6-7/h2-6,11,16H,1H3. The summed E-state index contributed by atoms with van der Waals surface area (Å²) >= 11 is 9.27. The Morgan fingerprint density at radius 1 is 1.44 bits per heavy atom. The quantitative estimate of drug-likeness (QED) is 0.926. The predicted molar refractivity (Wildman–Crippen MR) is 66.4 cm³/mol. The fraction of sp³-hybridized carbons (Fsp3) is 0.182. The van der Waals surface area contributed by atoms with Gasteiger partial charge in [0.15, 0.2) is 0 Å². The molecule has 0 bridgehead atoms. The van der Waals surface area contributed by atoms with Crippen molar-refractivity contribution >= 4 is 27.5 Å². The van der Waals surface area contributed by atoms with Gasteiger partial charge >= 0.3 is 0 Å². The van der Waals surface area contributed by atoms with Crippen molar-refractivity contribution in [3.63, 3.8) is 0 Å². The van der Waals surface area contributed by atoms with Gasteiger partial charge in [-0.15, -0.1) is 0 Å². The Kier molecular flexibility index (Phi) is 3.33. The van der Waals surface area contributed by atoms with Crippen molar-refractivity contribution in [2.45, 2.75) is 6.10 Å². The van der Waals surface area contributed by atoms with Crippen molar-refractivity contribution in [3.05, 3.63) is 51.2 Å². The average molecular weight is 302 g/mol. The second-order valence-electron chi connectivity index (χ2n) is 3.49. The van der Waals surface area contributed by atoms with E-state index in [0.717, 1.165) is 10.0 Å². The summed E-state index contributed by atoms with van der Waals surface area (Å²) in [5, 5.41) is 14.8. The third kappa shape index (κ3) is 2.29. The predicted octanol–water partition coefficient (Wildman–Crippen LogP) is 2.92. The van der Waals surface area contributed by atoms with E-state index in [0.29, 0.717) is 10.7 Å². The minimum Gasteiger partial charge on any atom is -0.382 e. The zero-order valence-electron chi connectivity index (χ0n) is 8.56. The second kappa shape index (κ2) is 4.57. The number of hydrogen-bond acceptors (Lipinski definition) is 2. The number of nitrogens with zero attached hydrogens (tertiary/aromatic N) is 2. The summed E-state index contributed by atoms with van der Waals surface area (Å²) in [6, 6.07) is 7.13. The van der Waals surface area contributed by atoms with E-state index in [1.807, 2.05) is 19.2 Å². The van der Waals surface area contributed by atoms with E-state index in [4.69, 9.17) is 11.6 Å². The molecule has 1 atom stereocenters. The number of hydrogen-bond donors (Lipinski definition) is 1. The number of aromatic nitrogens is 2. The van der Waals surface area contributed by atoms with Crippen LogP contribution in [0.5, 0.6) is 0 Å². The van der Waals surface area contributed by atoms with E-state index >= 15 is 0 Å². The molecule has 0 radical (unpaired) electrons. The molecule has 16 heavy (non-hydrogen) atoms. The lowest BCUT2D eigenvalue weighted by atomic mass is 10.1. The minimum absolute atomic E-state index is 0.576. The second-order valence-corrected chi connectivity index (χ2v) is 4.75. The van der Waals surface area contributed by atoms with Crippen molar-refractivity contribution in [1.82, 2.24) is 9.78 Å². The first-order chi connectivity index (χ1) is 7.58. The van der Waals surface area contributed by atoms with E-state index in [2.05, 4.69) is 21.0 Å². The maximum atomic E-state index is 10.1. The van der Waals surface area contributed by atoms with Crippen molar-refractivity contribution in [3.8, 4) is 0 Å². The molecule has 1 heterocycles. The average Bonchev–Trinajstić information content (AvgIpc) is 2.68. The van der Waals surface area contributed by atoms with Gasteiger partial charge in [0, 0.05) is 17.7 Å². The van der Waals surface area contributed by atoms with Gasteiger partial charge in [0.2, 0.25) is 0 Å². The SMILES string of the molecule is Cn1ccc(C(O)c2ccc(Br)c(Cl)c2)n1. The Morgan fingerprint density at radius 3 is 2.75 bits per heavy atom. The van der Waals surface area contributed by atoms with Crippen LogP contribution < -0.4 is 0 Å². The maximum absolute atomic E-state index is 10.1. The van der Waals surface area contributed by atoms with Gasteiger partial charge in [-0.05, 0) is 39.7 Å². The highest BCUT2D eigenvalue weighted by Gasteiger charge is 2.14. The Labute approximate surface area is 107 Å². The van der Waals surface area contributed by atoms with E-state index in [9.17, 15) is 5.11 Å². The molecule has 0 aliphatic rings. The van der Waals surface area contributed by atoms with Crippen LogP contribution in [0.1, 0.15) is 17.4 Å². The Morgan fingerprint density at radius 2 is 2.19 bits per heavy atom. The molecule has 0 aliphatic heterocycles. The highest BCUT2D eigenvalue weighted by Crippen LogP contribution is 2.28. The first kappa shape index (κ1) is 11.6. The molecule has 2 aromatic rings. The molecule has 2 rings (SSSR count). The van der Waals surface area contributed by atoms with Crippen molar-refractivity contribution in [2.75, 3.05) is 0 Å². The van der Waals surface area contributed by atoms with Gasteiger partial charge in [0.05, 0.1) is 10.7 Å². The molecule has 0 amide bonds. The Hall–Kier alpha value is -0.840. The fourth-order valence-corrected chi connectivity index (χ4v) is 1.87. The van der Waals surface area contributed by atoms with Gasteiger partial charge in [0.25, 0.3) is 0 Å². The van der Waals surface area contributed by atoms with Crippen molar-refractivity contribution in [1.29, 1.82) is 0 Å². The van der Waals surface area contributed by atoms with Crippen molar-refractivity contribution < 1.29 is 5.11 Å². The van der Waals surface area contributed by atoms with E-state index in [1.54, 1.807) is 23.0 Å². The van der Waals surface area contributed by atoms with Gasteiger partial charge in [-0.3, -0.25) is 4.68 Å². The first-order valence-electron chi connectivity index (χ1n) is 4.70. The van der Waals surface area contributed by atoms with Crippen LogP contribution in [-0.4, -0.2) is 14.9 Å². The summed E-state index contributed by atoms with van der Waals surface area (Å²) in [5.41, 5.74) is 1.34. The number of aryl methyl sites for hydroxylation is 1. The number of aliphatic hydroxyl groups excluding tert-OH is 1. The number of aliphatic hydroxyl groups is 1. The number of halogens is 2. The fourth-order valence-electron chi connectivity index (χ4n) is 1.43. The highest BCUT2D eigenvalue weighted by molar-refractivity contribution is 9.10. The molecule has 1 unspecified atom stereocenters. The number of benzene rings is 1. The van der Waals surface area contributed by atoms with Crippen LogP contribution in [0, 0.1) is 0 Å². The molecule has 5 heteroatoms. The summed E-state index contributed by atoms with van der Waals surface area (Å²) < 4.78 is 2.46. The van der Waals surface area contributed by atoms with Gasteiger partial charge in [0.1, 0.15) is 6.10 Å². The topological polar surface area (TPSA) is 38.0 Å². The monoisotopic (exact) mass is 300 g/mol. The van der Waals surface area contributed by atoms with Crippen LogP contribution in [0.2, 0.25) is 5.02 Å². The van der Waals surface area contributed by atoms with Crippen LogP contribution in [0.25, 0.3) is 0 Å². The lowest BCUT2D eigenvalue weighted by Gasteiger charge is -2.09. The first-order valence-corrected chi connectivity index (χ1v) is 5.87. The molecule has 0 spiro atoms. The van der Waals surface area contributed by atoms with Gasteiger partial charge < -0.3 is 5.11 Å². The van der Waals surface area contributed by atoms with Crippen LogP contribution in [0.3, 0.4) is 0 Å². The summed E-state index contributed by atoms with van der Waals surface area (Å²) in [6.45, 7) is 0. The molecule has 0 saturated heterocycles. The molecule has 0 fully saturated rings. The van der Waals surface area contributed by atoms with Crippen molar-refractivity contribution in [2.24, 2.45) is 7.05 Å². The normalized spacial score (nSPS) is 12.8. The summed E-state index contributed by atoms with van der Waals surface area (Å²) in [4.78, 5) is 0. The molecule has 3 nitrogen and oxygen atoms in total. The zero-order chi connectivity index (χ0) is 11.7. The third-order valence-corrected chi connectivity index (χ3v) is 3.51. The molecule has 1 aromatic heterocycles. The van der Waals surface area contributed by atoms with E-state index in [1.165, 1.54) is 0 Å². The maximum Gasteiger partial charge on any atom is 0.123 e. The summed E-state index contributed by atoms with van der Waals surface area (Å²) in [7, 11) is 1.81. The highest BCUT2D eigenvalue weighted by atomic mass is 79.9. The molecular weight excluding hydrogens is 291 g/mol. The lowest BCUT2D eigenvalue weighted by Crippen LogP contribution is -2.01. The smallest absolute Gasteiger partial charge is 0.123 e. The minimum atomic E-state index is -0.744. The Balaban J connectivity index is 2.33. The Bertz CT molecular complexity index is 512. The van der Waals surface area contributed by atoms with Crippen LogP contribution in [-0.2, 0) is 7.05 Å². The van der Waals surface area contributed by atoms with Crippen LogP contribution in [0.4, 0.5) is 0 Å². The van der Waals surface area contributed by atoms with E-state index in [-0.39, 0.29) is 0 Å². The lowest BCUT2D eigenvalue weighted by molar-refractivity contribution is 0.214. The zero-order valence-corrected chi connectivity index (χ0v) is 10.9. The molecule has 0 saturated carbocycles. The van der Waals surface area contributed by atoms with E-state index < -0.39 is 6.10 Å². The summed E-state index contributed by atoms with van der Waals surface area (Å²) in [5.74, 6) is 0. The molecule has 1 N–H and O–H groups in total. The summed E-state index contributed by atoms with van der Waals surface area (Å²) in [6.07, 6.45) is 1.05. The van der Waals surface area contributed by atoms with Gasteiger partial charge in [-0.25, -0.2) is 0 Å². The van der Waals surface area contributed by atoms with Gasteiger partial charge in [-0.1, -0.05) is 17.7 Å². The molecular formula is C11H10BrClN2O. The third-order valence-electron chi connectivity index (χ3n) is 2.27. The largest absolute Gasteiger partial charge is 0.382 e.